The highest BCUT2D eigenvalue weighted by Crippen LogP contribution is 2.31. The largest absolute Gasteiger partial charge is 0.494 e. The van der Waals surface area contributed by atoms with Gasteiger partial charge in [0.1, 0.15) is 5.75 Å². The van der Waals surface area contributed by atoms with Crippen LogP contribution in [0.3, 0.4) is 0 Å². The second-order valence-electron chi connectivity index (χ2n) is 5.16. The maximum Gasteiger partial charge on any atom is 0.241 e. The van der Waals surface area contributed by atoms with Crippen LogP contribution in [-0.4, -0.2) is 32.3 Å². The van der Waals surface area contributed by atoms with E-state index < -0.39 is 15.6 Å². The van der Waals surface area contributed by atoms with Crippen LogP contribution in [-0.2, 0) is 10.0 Å². The van der Waals surface area contributed by atoms with E-state index in [1.165, 1.54) is 12.1 Å². The van der Waals surface area contributed by atoms with Gasteiger partial charge in [0.15, 0.2) is 0 Å². The monoisotopic (exact) mass is 299 g/mol. The third-order valence-electron chi connectivity index (χ3n) is 3.66. The molecule has 0 heterocycles. The summed E-state index contributed by atoms with van der Waals surface area (Å²) in [4.78, 5) is 0.195. The molecule has 112 valence electrons. The number of aliphatic hydroxyl groups excluding tert-OH is 1. The molecule has 0 bridgehead atoms. The van der Waals surface area contributed by atoms with E-state index in [4.69, 9.17) is 4.74 Å². The molecular weight excluding hydrogens is 278 g/mol. The molecule has 20 heavy (non-hydrogen) atoms. The van der Waals surface area contributed by atoms with Crippen molar-refractivity contribution in [3.63, 3.8) is 0 Å². The molecule has 0 radical (unpaired) electrons. The minimum atomic E-state index is -3.61. The number of benzene rings is 1. The molecule has 1 fully saturated rings. The lowest BCUT2D eigenvalue weighted by molar-refractivity contribution is 0.185. The van der Waals surface area contributed by atoms with Gasteiger partial charge in [-0.1, -0.05) is 12.8 Å². The van der Waals surface area contributed by atoms with Gasteiger partial charge in [-0.25, -0.2) is 13.1 Å². The van der Waals surface area contributed by atoms with Gasteiger partial charge in [0.2, 0.25) is 10.0 Å². The lowest BCUT2D eigenvalue weighted by Crippen LogP contribution is -2.49. The van der Waals surface area contributed by atoms with Crippen LogP contribution in [0.15, 0.2) is 29.2 Å². The number of hydrogen-bond acceptors (Lipinski definition) is 4. The quantitative estimate of drug-likeness (QED) is 0.838. The van der Waals surface area contributed by atoms with E-state index in [0.717, 1.165) is 12.8 Å². The van der Waals surface area contributed by atoms with E-state index in [2.05, 4.69) is 4.72 Å². The Morgan fingerprint density at radius 3 is 2.35 bits per heavy atom. The van der Waals surface area contributed by atoms with E-state index in [1.807, 2.05) is 6.92 Å². The molecule has 2 rings (SSSR count). The molecule has 0 aromatic heterocycles. The molecule has 1 aromatic carbocycles. The summed E-state index contributed by atoms with van der Waals surface area (Å²) in [5, 5.41) is 9.49. The van der Waals surface area contributed by atoms with Crippen LogP contribution in [0.25, 0.3) is 0 Å². The number of nitrogens with one attached hydrogen (secondary N) is 1. The van der Waals surface area contributed by atoms with Crippen molar-refractivity contribution < 1.29 is 18.3 Å². The molecule has 0 unspecified atom stereocenters. The first-order valence-electron chi connectivity index (χ1n) is 6.89. The first-order chi connectivity index (χ1) is 9.51. The van der Waals surface area contributed by atoms with Crippen LogP contribution in [0.4, 0.5) is 0 Å². The van der Waals surface area contributed by atoms with E-state index >= 15 is 0 Å². The summed E-state index contributed by atoms with van der Waals surface area (Å²) in [7, 11) is -3.61. The molecule has 1 saturated carbocycles. The summed E-state index contributed by atoms with van der Waals surface area (Å²) in [6.07, 6.45) is 3.23. The second kappa shape index (κ2) is 6.11. The Balaban J connectivity index is 2.17. The van der Waals surface area contributed by atoms with Crippen molar-refractivity contribution in [2.45, 2.75) is 43.0 Å². The Labute approximate surface area is 120 Å². The smallest absolute Gasteiger partial charge is 0.241 e. The molecule has 5 nitrogen and oxygen atoms in total. The number of hydrogen-bond donors (Lipinski definition) is 2. The maximum absolute atomic E-state index is 12.4. The fourth-order valence-corrected chi connectivity index (χ4v) is 4.02. The van der Waals surface area contributed by atoms with E-state index in [-0.39, 0.29) is 11.5 Å². The normalized spacial score (nSPS) is 18.1. The van der Waals surface area contributed by atoms with E-state index in [0.29, 0.717) is 25.2 Å². The summed E-state index contributed by atoms with van der Waals surface area (Å²) in [5.74, 6) is 0.643. The highest BCUT2D eigenvalue weighted by Gasteiger charge is 2.37. The molecule has 1 aromatic rings. The molecular formula is C14H21NO4S. The van der Waals surface area contributed by atoms with Gasteiger partial charge in [-0.15, -0.1) is 0 Å². The van der Waals surface area contributed by atoms with Crippen molar-refractivity contribution in [1.29, 1.82) is 0 Å². The third kappa shape index (κ3) is 3.31. The van der Waals surface area contributed by atoms with Crippen LogP contribution >= 0.6 is 0 Å². The first kappa shape index (κ1) is 15.3. The number of aliphatic hydroxyl groups is 1. The van der Waals surface area contributed by atoms with Gasteiger partial charge >= 0.3 is 0 Å². The Kier molecular flexibility index (Phi) is 4.67. The van der Waals surface area contributed by atoms with Gasteiger partial charge in [-0.3, -0.25) is 0 Å². The molecule has 1 aliphatic rings. The summed E-state index contributed by atoms with van der Waals surface area (Å²) in [6, 6.07) is 6.32. The Morgan fingerprint density at radius 1 is 1.25 bits per heavy atom. The Bertz CT molecular complexity index is 533. The van der Waals surface area contributed by atoms with Crippen molar-refractivity contribution in [2.24, 2.45) is 0 Å². The van der Waals surface area contributed by atoms with Crippen molar-refractivity contribution in [3.8, 4) is 5.75 Å². The highest BCUT2D eigenvalue weighted by molar-refractivity contribution is 7.89. The van der Waals surface area contributed by atoms with E-state index in [9.17, 15) is 13.5 Å². The number of sulfonamides is 1. The lowest BCUT2D eigenvalue weighted by Gasteiger charge is -2.27. The van der Waals surface area contributed by atoms with Gasteiger partial charge in [0.25, 0.3) is 0 Å². The standard InChI is InChI=1S/C14H21NO4S/c1-2-19-12-5-7-13(8-6-12)20(17,18)15-14(11-16)9-3-4-10-14/h5-8,15-16H,2-4,9-11H2,1H3. The zero-order chi connectivity index (χ0) is 14.6. The van der Waals surface area contributed by atoms with Gasteiger partial charge in [0.05, 0.1) is 23.6 Å². The summed E-state index contributed by atoms with van der Waals surface area (Å²) < 4.78 is 32.7. The number of ether oxygens (including phenoxy) is 1. The lowest BCUT2D eigenvalue weighted by atomic mass is 10.0. The van der Waals surface area contributed by atoms with Crippen molar-refractivity contribution >= 4 is 10.0 Å². The van der Waals surface area contributed by atoms with Crippen LogP contribution in [0.5, 0.6) is 5.75 Å². The van der Waals surface area contributed by atoms with Gasteiger partial charge in [0, 0.05) is 0 Å². The number of rotatable bonds is 6. The van der Waals surface area contributed by atoms with Gasteiger partial charge in [-0.05, 0) is 44.0 Å². The van der Waals surface area contributed by atoms with Crippen LogP contribution in [0, 0.1) is 0 Å². The molecule has 0 atom stereocenters. The molecule has 6 heteroatoms. The Morgan fingerprint density at radius 2 is 1.85 bits per heavy atom. The van der Waals surface area contributed by atoms with Crippen molar-refractivity contribution in [1.82, 2.24) is 4.72 Å². The molecule has 1 aliphatic carbocycles. The van der Waals surface area contributed by atoms with Crippen LogP contribution < -0.4 is 9.46 Å². The van der Waals surface area contributed by atoms with Gasteiger partial charge in [-0.2, -0.15) is 0 Å². The SMILES string of the molecule is CCOc1ccc(S(=O)(=O)NC2(CO)CCCC2)cc1. The van der Waals surface area contributed by atoms with Crippen LogP contribution in [0.2, 0.25) is 0 Å². The second-order valence-corrected chi connectivity index (χ2v) is 6.84. The average molecular weight is 299 g/mol. The summed E-state index contributed by atoms with van der Waals surface area (Å²) in [5.41, 5.74) is -0.697. The first-order valence-corrected chi connectivity index (χ1v) is 8.37. The van der Waals surface area contributed by atoms with Crippen molar-refractivity contribution in [3.05, 3.63) is 24.3 Å². The molecule has 0 amide bonds. The third-order valence-corrected chi connectivity index (χ3v) is 5.25. The minimum Gasteiger partial charge on any atom is -0.494 e. The zero-order valence-electron chi connectivity index (χ0n) is 11.6. The molecule has 0 spiro atoms. The minimum absolute atomic E-state index is 0.163. The fraction of sp³-hybridized carbons (Fsp3) is 0.571. The zero-order valence-corrected chi connectivity index (χ0v) is 12.4. The molecule has 2 N–H and O–H groups in total. The average Bonchev–Trinajstić information content (AvgIpc) is 2.88. The van der Waals surface area contributed by atoms with Gasteiger partial charge < -0.3 is 9.84 Å². The maximum atomic E-state index is 12.4. The Hall–Kier alpha value is -1.11. The van der Waals surface area contributed by atoms with Crippen LogP contribution in [0.1, 0.15) is 32.6 Å². The fourth-order valence-electron chi connectivity index (χ4n) is 2.57. The predicted octanol–water partition coefficient (Wildman–Crippen LogP) is 1.67. The predicted molar refractivity (Wildman–Crippen MR) is 76.2 cm³/mol. The van der Waals surface area contributed by atoms with Crippen molar-refractivity contribution in [2.75, 3.05) is 13.2 Å². The topological polar surface area (TPSA) is 75.6 Å². The molecule has 0 aliphatic heterocycles. The highest BCUT2D eigenvalue weighted by atomic mass is 32.2. The summed E-state index contributed by atoms with van der Waals surface area (Å²) in [6.45, 7) is 2.25. The molecule has 0 saturated heterocycles. The van der Waals surface area contributed by atoms with E-state index in [1.54, 1.807) is 12.1 Å². The summed E-state index contributed by atoms with van der Waals surface area (Å²) >= 11 is 0.